The third-order valence-electron chi connectivity index (χ3n) is 3.53. The van der Waals surface area contributed by atoms with Crippen molar-refractivity contribution < 1.29 is 4.74 Å². The Bertz CT molecular complexity index is 552. The Labute approximate surface area is 118 Å². The van der Waals surface area contributed by atoms with Gasteiger partial charge < -0.3 is 10.5 Å². The number of rotatable bonds is 5. The summed E-state index contributed by atoms with van der Waals surface area (Å²) in [5, 5.41) is 4.49. The number of aromatic nitrogens is 3. The highest BCUT2D eigenvalue weighted by Crippen LogP contribution is 2.27. The van der Waals surface area contributed by atoms with Gasteiger partial charge in [0.15, 0.2) is 11.6 Å². The van der Waals surface area contributed by atoms with Crippen LogP contribution in [0.2, 0.25) is 0 Å². The fraction of sp³-hybridized carbons (Fsp3) is 0.467. The molecule has 0 bridgehead atoms. The molecule has 20 heavy (non-hydrogen) atoms. The predicted octanol–water partition coefficient (Wildman–Crippen LogP) is 1.83. The minimum absolute atomic E-state index is 0.0444. The molecule has 1 aliphatic heterocycles. The lowest BCUT2D eigenvalue weighted by Gasteiger charge is -2.22. The number of nitrogens with zero attached hydrogens (tertiary/aromatic N) is 3. The number of fused-ring (bicyclic) bond motifs is 1. The second-order valence-electron chi connectivity index (χ2n) is 5.08. The summed E-state index contributed by atoms with van der Waals surface area (Å²) in [7, 11) is 0. The maximum absolute atomic E-state index is 6.03. The average molecular weight is 272 g/mol. The Balaban J connectivity index is 1.69. The van der Waals surface area contributed by atoms with Crippen molar-refractivity contribution in [3.05, 3.63) is 47.5 Å². The Morgan fingerprint density at radius 2 is 2.15 bits per heavy atom. The average Bonchev–Trinajstić information content (AvgIpc) is 2.89. The van der Waals surface area contributed by atoms with Crippen LogP contribution in [0, 0.1) is 0 Å². The zero-order valence-corrected chi connectivity index (χ0v) is 11.5. The van der Waals surface area contributed by atoms with Crippen molar-refractivity contribution in [1.82, 2.24) is 14.8 Å². The number of aryl methyl sites for hydroxylation is 1. The molecule has 1 aliphatic rings. The summed E-state index contributed by atoms with van der Waals surface area (Å²) < 4.78 is 8.01. The summed E-state index contributed by atoms with van der Waals surface area (Å²) in [6, 6.07) is 10.2. The SMILES string of the molecule is NCCc1nc2n(n1)CCCC2OCc1ccccc1. The molecule has 2 aromatic rings. The molecular formula is C15H20N4O. The van der Waals surface area contributed by atoms with Gasteiger partial charge in [-0.2, -0.15) is 5.10 Å². The van der Waals surface area contributed by atoms with Gasteiger partial charge in [-0.05, 0) is 24.9 Å². The number of ether oxygens (including phenoxy) is 1. The van der Waals surface area contributed by atoms with Crippen LogP contribution in [0.4, 0.5) is 0 Å². The molecular weight excluding hydrogens is 252 g/mol. The molecule has 5 heteroatoms. The van der Waals surface area contributed by atoms with Crippen LogP contribution in [0.15, 0.2) is 30.3 Å². The number of hydrogen-bond donors (Lipinski definition) is 1. The normalized spacial score (nSPS) is 17.9. The maximum atomic E-state index is 6.03. The predicted molar refractivity (Wildman–Crippen MR) is 76.0 cm³/mol. The summed E-state index contributed by atoms with van der Waals surface area (Å²) in [4.78, 5) is 4.58. The van der Waals surface area contributed by atoms with E-state index < -0.39 is 0 Å². The summed E-state index contributed by atoms with van der Waals surface area (Å²) in [5.41, 5.74) is 6.75. The standard InChI is InChI=1S/C15H20N4O/c16-9-8-14-17-15-13(7-4-10-19(15)18-14)20-11-12-5-2-1-3-6-12/h1-3,5-6,13H,4,7-11,16H2. The molecule has 106 valence electrons. The van der Waals surface area contributed by atoms with E-state index in [0.717, 1.165) is 37.5 Å². The van der Waals surface area contributed by atoms with Crippen molar-refractivity contribution in [2.24, 2.45) is 5.73 Å². The molecule has 1 aromatic carbocycles. The lowest BCUT2D eigenvalue weighted by molar-refractivity contribution is 0.0146. The molecule has 0 fully saturated rings. The van der Waals surface area contributed by atoms with E-state index in [2.05, 4.69) is 22.2 Å². The summed E-state index contributed by atoms with van der Waals surface area (Å²) in [6.45, 7) is 2.13. The molecule has 0 spiro atoms. The molecule has 1 unspecified atom stereocenters. The van der Waals surface area contributed by atoms with Gasteiger partial charge in [-0.3, -0.25) is 0 Å². The lowest BCUT2D eigenvalue weighted by atomic mass is 10.1. The molecule has 0 aliphatic carbocycles. The van der Waals surface area contributed by atoms with Gasteiger partial charge in [-0.1, -0.05) is 30.3 Å². The van der Waals surface area contributed by atoms with Gasteiger partial charge in [0.25, 0.3) is 0 Å². The Morgan fingerprint density at radius 1 is 1.30 bits per heavy atom. The van der Waals surface area contributed by atoms with E-state index in [1.54, 1.807) is 0 Å². The van der Waals surface area contributed by atoms with Gasteiger partial charge in [0.05, 0.1) is 6.61 Å². The highest BCUT2D eigenvalue weighted by atomic mass is 16.5. The Kier molecular flexibility index (Phi) is 4.08. The van der Waals surface area contributed by atoms with Crippen LogP contribution in [-0.2, 0) is 24.3 Å². The first-order valence-electron chi connectivity index (χ1n) is 7.16. The lowest BCUT2D eigenvalue weighted by Crippen LogP contribution is -2.19. The molecule has 0 radical (unpaired) electrons. The molecule has 0 saturated heterocycles. The van der Waals surface area contributed by atoms with Crippen molar-refractivity contribution in [2.75, 3.05) is 6.54 Å². The van der Waals surface area contributed by atoms with Gasteiger partial charge in [-0.25, -0.2) is 9.67 Å². The van der Waals surface area contributed by atoms with E-state index >= 15 is 0 Å². The van der Waals surface area contributed by atoms with E-state index in [0.29, 0.717) is 13.2 Å². The molecule has 1 aromatic heterocycles. The van der Waals surface area contributed by atoms with Crippen molar-refractivity contribution in [3.8, 4) is 0 Å². The van der Waals surface area contributed by atoms with Crippen molar-refractivity contribution >= 4 is 0 Å². The van der Waals surface area contributed by atoms with Crippen LogP contribution in [0.3, 0.4) is 0 Å². The van der Waals surface area contributed by atoms with Crippen molar-refractivity contribution in [1.29, 1.82) is 0 Å². The largest absolute Gasteiger partial charge is 0.366 e. The molecule has 3 rings (SSSR count). The number of benzene rings is 1. The van der Waals surface area contributed by atoms with Crippen LogP contribution in [-0.4, -0.2) is 21.3 Å². The van der Waals surface area contributed by atoms with Gasteiger partial charge in [0, 0.05) is 13.0 Å². The minimum Gasteiger partial charge on any atom is -0.366 e. The quantitative estimate of drug-likeness (QED) is 0.901. The van der Waals surface area contributed by atoms with E-state index in [4.69, 9.17) is 10.5 Å². The third kappa shape index (κ3) is 2.89. The second-order valence-corrected chi connectivity index (χ2v) is 5.08. The summed E-state index contributed by atoms with van der Waals surface area (Å²) >= 11 is 0. The number of hydrogen-bond acceptors (Lipinski definition) is 4. The van der Waals surface area contributed by atoms with E-state index in [9.17, 15) is 0 Å². The molecule has 0 amide bonds. The van der Waals surface area contributed by atoms with Gasteiger partial charge in [0.1, 0.15) is 6.10 Å². The first kappa shape index (κ1) is 13.3. The van der Waals surface area contributed by atoms with E-state index in [1.807, 2.05) is 22.9 Å². The number of nitrogens with two attached hydrogens (primary N) is 1. The van der Waals surface area contributed by atoms with Crippen molar-refractivity contribution in [3.63, 3.8) is 0 Å². The summed E-state index contributed by atoms with van der Waals surface area (Å²) in [6.07, 6.45) is 2.86. The molecule has 1 atom stereocenters. The Morgan fingerprint density at radius 3 is 2.95 bits per heavy atom. The molecule has 2 N–H and O–H groups in total. The second kappa shape index (κ2) is 6.15. The Hall–Kier alpha value is -1.72. The van der Waals surface area contributed by atoms with Gasteiger partial charge >= 0.3 is 0 Å². The highest BCUT2D eigenvalue weighted by Gasteiger charge is 2.24. The van der Waals surface area contributed by atoms with Crippen LogP contribution >= 0.6 is 0 Å². The fourth-order valence-electron chi connectivity index (χ4n) is 2.53. The zero-order chi connectivity index (χ0) is 13.8. The smallest absolute Gasteiger partial charge is 0.156 e. The first-order valence-corrected chi connectivity index (χ1v) is 7.16. The maximum Gasteiger partial charge on any atom is 0.156 e. The van der Waals surface area contributed by atoms with Crippen LogP contribution in [0.1, 0.15) is 36.2 Å². The van der Waals surface area contributed by atoms with Gasteiger partial charge in [-0.15, -0.1) is 0 Å². The molecule has 0 saturated carbocycles. The van der Waals surface area contributed by atoms with Crippen LogP contribution in [0.25, 0.3) is 0 Å². The van der Waals surface area contributed by atoms with Crippen LogP contribution < -0.4 is 5.73 Å². The van der Waals surface area contributed by atoms with E-state index in [1.165, 1.54) is 5.56 Å². The molecule has 2 heterocycles. The van der Waals surface area contributed by atoms with E-state index in [-0.39, 0.29) is 6.10 Å². The van der Waals surface area contributed by atoms with Gasteiger partial charge in [0.2, 0.25) is 0 Å². The minimum atomic E-state index is 0.0444. The highest BCUT2D eigenvalue weighted by molar-refractivity contribution is 5.13. The summed E-state index contributed by atoms with van der Waals surface area (Å²) in [5.74, 6) is 1.79. The van der Waals surface area contributed by atoms with Crippen molar-refractivity contribution in [2.45, 2.75) is 38.5 Å². The monoisotopic (exact) mass is 272 g/mol. The fourth-order valence-corrected chi connectivity index (χ4v) is 2.53. The molecule has 5 nitrogen and oxygen atoms in total. The first-order chi connectivity index (χ1) is 9.86. The zero-order valence-electron chi connectivity index (χ0n) is 11.5. The third-order valence-corrected chi connectivity index (χ3v) is 3.53. The van der Waals surface area contributed by atoms with Crippen LogP contribution in [0.5, 0.6) is 0 Å². The topological polar surface area (TPSA) is 66.0 Å².